The van der Waals surface area contributed by atoms with E-state index < -0.39 is 6.09 Å². The van der Waals surface area contributed by atoms with Gasteiger partial charge in [0.15, 0.2) is 0 Å². The summed E-state index contributed by atoms with van der Waals surface area (Å²) in [5.41, 5.74) is 0.963. The Morgan fingerprint density at radius 2 is 1.65 bits per heavy atom. The number of rotatable bonds is 20. The van der Waals surface area contributed by atoms with Crippen LogP contribution in [-0.2, 0) is 30.3 Å². The zero-order valence-electron chi connectivity index (χ0n) is 21.9. The van der Waals surface area contributed by atoms with Crippen LogP contribution in [0.1, 0.15) is 12.0 Å². The first-order valence-corrected chi connectivity index (χ1v) is 13.0. The maximum absolute atomic E-state index is 11.9. The zero-order chi connectivity index (χ0) is 26.4. The summed E-state index contributed by atoms with van der Waals surface area (Å²) in [6, 6.07) is 9.69. The number of nitrogens with one attached hydrogen (secondary N) is 1. The molecule has 0 aliphatic carbocycles. The van der Waals surface area contributed by atoms with Crippen LogP contribution in [0.2, 0.25) is 0 Å². The lowest BCUT2D eigenvalue weighted by Gasteiger charge is -2.40. The molecule has 2 rings (SSSR count). The second-order valence-electron chi connectivity index (χ2n) is 8.61. The fourth-order valence-corrected chi connectivity index (χ4v) is 3.87. The highest BCUT2D eigenvalue weighted by Crippen LogP contribution is 2.10. The van der Waals surface area contributed by atoms with Gasteiger partial charge in [-0.1, -0.05) is 36.3 Å². The van der Waals surface area contributed by atoms with Gasteiger partial charge in [0.1, 0.15) is 13.2 Å². The van der Waals surface area contributed by atoms with E-state index >= 15 is 0 Å². The molecule has 0 spiro atoms. The van der Waals surface area contributed by atoms with Crippen molar-refractivity contribution < 1.29 is 33.6 Å². The van der Waals surface area contributed by atoms with E-state index in [1.165, 1.54) is 0 Å². The van der Waals surface area contributed by atoms with Crippen molar-refractivity contribution >= 4 is 6.09 Å². The standard InChI is InChI=1S/C27H43N3O7/c1-2-14-33-16-18-35-20-21-36-19-17-34-15-13-30-12-11-29(22-26(30)23-31)10-6-9-28-27(32)37-24-25-7-4-3-5-8-25/h1,3-5,7-8,26,31H,6,9-24H2,(H,28,32). The first-order chi connectivity index (χ1) is 18.2. The number of terminal acetylenes is 1. The van der Waals surface area contributed by atoms with Gasteiger partial charge in [-0.25, -0.2) is 4.79 Å². The van der Waals surface area contributed by atoms with Crippen LogP contribution in [0.5, 0.6) is 0 Å². The number of carbonyl (C=O) groups is 1. The van der Waals surface area contributed by atoms with E-state index in [0.717, 1.165) is 44.7 Å². The van der Waals surface area contributed by atoms with Crippen LogP contribution in [-0.4, -0.2) is 126 Å². The number of piperazine rings is 1. The van der Waals surface area contributed by atoms with Crippen LogP contribution in [0.4, 0.5) is 4.79 Å². The fourth-order valence-electron chi connectivity index (χ4n) is 3.87. The van der Waals surface area contributed by atoms with Crippen LogP contribution in [0.15, 0.2) is 30.3 Å². The molecule has 2 N–H and O–H groups in total. The number of alkyl carbamates (subject to hydrolysis) is 1. The Kier molecular flexibility index (Phi) is 17.4. The van der Waals surface area contributed by atoms with Gasteiger partial charge >= 0.3 is 6.09 Å². The molecule has 1 amide bonds. The normalized spacial score (nSPS) is 16.4. The molecule has 1 aromatic rings. The maximum Gasteiger partial charge on any atom is 0.407 e. The number of amides is 1. The third kappa shape index (κ3) is 14.9. The van der Waals surface area contributed by atoms with Crippen molar-refractivity contribution in [2.24, 2.45) is 0 Å². The molecule has 1 saturated heterocycles. The van der Waals surface area contributed by atoms with E-state index in [1.54, 1.807) is 0 Å². The molecule has 1 heterocycles. The van der Waals surface area contributed by atoms with Crippen molar-refractivity contribution in [1.29, 1.82) is 0 Å². The Bertz CT molecular complexity index is 747. The van der Waals surface area contributed by atoms with E-state index in [2.05, 4.69) is 21.0 Å². The number of hydrogen-bond acceptors (Lipinski definition) is 9. The highest BCUT2D eigenvalue weighted by Gasteiger charge is 2.25. The number of ether oxygens (including phenoxy) is 5. The highest BCUT2D eigenvalue weighted by molar-refractivity contribution is 5.67. The first-order valence-electron chi connectivity index (χ1n) is 13.0. The van der Waals surface area contributed by atoms with Gasteiger partial charge in [0.2, 0.25) is 0 Å². The Balaban J connectivity index is 1.43. The number of benzene rings is 1. The van der Waals surface area contributed by atoms with Crippen molar-refractivity contribution in [3.63, 3.8) is 0 Å². The van der Waals surface area contributed by atoms with Crippen LogP contribution in [0, 0.1) is 12.3 Å². The van der Waals surface area contributed by atoms with Crippen LogP contribution >= 0.6 is 0 Å². The molecule has 10 nitrogen and oxygen atoms in total. The zero-order valence-corrected chi connectivity index (χ0v) is 21.9. The van der Waals surface area contributed by atoms with Crippen LogP contribution in [0.3, 0.4) is 0 Å². The number of aliphatic hydroxyl groups excluding tert-OH is 1. The molecule has 1 fully saturated rings. The smallest absolute Gasteiger partial charge is 0.407 e. The lowest BCUT2D eigenvalue weighted by atomic mass is 10.1. The summed E-state index contributed by atoms with van der Waals surface area (Å²) in [6.07, 6.45) is 5.52. The monoisotopic (exact) mass is 521 g/mol. The second kappa shape index (κ2) is 20.8. The average molecular weight is 522 g/mol. The molecule has 0 radical (unpaired) electrons. The summed E-state index contributed by atoms with van der Waals surface area (Å²) < 4.78 is 26.9. The minimum atomic E-state index is -0.400. The van der Waals surface area contributed by atoms with Gasteiger partial charge in [-0.2, -0.15) is 0 Å². The molecular formula is C27H43N3O7. The molecule has 1 unspecified atom stereocenters. The summed E-state index contributed by atoms with van der Waals surface area (Å²) in [5.74, 6) is 2.40. The Morgan fingerprint density at radius 3 is 2.32 bits per heavy atom. The first kappa shape index (κ1) is 31.0. The van der Waals surface area contributed by atoms with E-state index in [9.17, 15) is 9.90 Å². The van der Waals surface area contributed by atoms with Crippen molar-refractivity contribution in [1.82, 2.24) is 15.1 Å². The predicted octanol–water partition coefficient (Wildman–Crippen LogP) is 0.981. The minimum Gasteiger partial charge on any atom is -0.445 e. The van der Waals surface area contributed by atoms with Gasteiger partial charge in [-0.15, -0.1) is 6.42 Å². The lowest BCUT2D eigenvalue weighted by Crippen LogP contribution is -2.55. The SMILES string of the molecule is C#CCOCCOCCOCCOCCN1CCN(CCCNC(=O)OCc2ccccc2)CC1CO. The highest BCUT2D eigenvalue weighted by atomic mass is 16.6. The Hall–Kier alpha value is -2.23. The number of nitrogens with zero attached hydrogens (tertiary/aromatic N) is 2. The molecular weight excluding hydrogens is 478 g/mol. The summed E-state index contributed by atoms with van der Waals surface area (Å²) in [4.78, 5) is 16.4. The summed E-state index contributed by atoms with van der Waals surface area (Å²) in [5, 5.41) is 12.7. The third-order valence-corrected chi connectivity index (χ3v) is 5.86. The molecule has 10 heteroatoms. The number of hydrogen-bond donors (Lipinski definition) is 2. The predicted molar refractivity (Wildman–Crippen MR) is 140 cm³/mol. The molecule has 1 aliphatic heterocycles. The van der Waals surface area contributed by atoms with Gasteiger partial charge in [0.25, 0.3) is 0 Å². The van der Waals surface area contributed by atoms with Gasteiger partial charge in [-0.05, 0) is 18.5 Å². The molecule has 0 bridgehead atoms. The van der Waals surface area contributed by atoms with Gasteiger partial charge in [-0.3, -0.25) is 4.90 Å². The van der Waals surface area contributed by atoms with E-state index in [-0.39, 0.29) is 19.3 Å². The van der Waals surface area contributed by atoms with Crippen molar-refractivity contribution in [3.8, 4) is 12.3 Å². The minimum absolute atomic E-state index is 0.0826. The third-order valence-electron chi connectivity index (χ3n) is 5.86. The Labute approximate surface area is 221 Å². The molecule has 1 aromatic carbocycles. The number of aliphatic hydroxyl groups is 1. The van der Waals surface area contributed by atoms with E-state index in [1.807, 2.05) is 30.3 Å². The van der Waals surface area contributed by atoms with E-state index in [4.69, 9.17) is 30.1 Å². The summed E-state index contributed by atoms with van der Waals surface area (Å²) in [6.45, 7) is 9.11. The quantitative estimate of drug-likeness (QED) is 0.192. The largest absolute Gasteiger partial charge is 0.445 e. The molecule has 0 saturated carbocycles. The van der Waals surface area contributed by atoms with Gasteiger partial charge in [0.05, 0.1) is 52.9 Å². The Morgan fingerprint density at radius 1 is 0.973 bits per heavy atom. The number of carbonyl (C=O) groups excluding carboxylic acids is 1. The second-order valence-corrected chi connectivity index (χ2v) is 8.61. The van der Waals surface area contributed by atoms with Crippen LogP contribution in [0.25, 0.3) is 0 Å². The summed E-state index contributed by atoms with van der Waals surface area (Å²) >= 11 is 0. The molecule has 0 aromatic heterocycles. The maximum atomic E-state index is 11.9. The van der Waals surface area contributed by atoms with E-state index in [0.29, 0.717) is 59.4 Å². The molecule has 1 aliphatic rings. The van der Waals surface area contributed by atoms with Crippen molar-refractivity contribution in [3.05, 3.63) is 35.9 Å². The fraction of sp³-hybridized carbons (Fsp3) is 0.667. The molecule has 1 atom stereocenters. The topological polar surface area (TPSA) is 102 Å². The molecule has 37 heavy (non-hydrogen) atoms. The van der Waals surface area contributed by atoms with Gasteiger partial charge in [0, 0.05) is 38.8 Å². The van der Waals surface area contributed by atoms with Crippen molar-refractivity contribution in [2.75, 3.05) is 98.7 Å². The average Bonchev–Trinajstić information content (AvgIpc) is 2.93. The molecule has 208 valence electrons. The van der Waals surface area contributed by atoms with Crippen LogP contribution < -0.4 is 5.32 Å². The van der Waals surface area contributed by atoms with Gasteiger partial charge < -0.3 is 39.0 Å². The lowest BCUT2D eigenvalue weighted by molar-refractivity contribution is -0.0110. The van der Waals surface area contributed by atoms with Crippen molar-refractivity contribution in [2.45, 2.75) is 19.1 Å². The summed E-state index contributed by atoms with van der Waals surface area (Å²) in [7, 11) is 0.